The van der Waals surface area contributed by atoms with Gasteiger partial charge in [-0.1, -0.05) is 0 Å². The maximum absolute atomic E-state index is 12.8. The molecule has 0 aromatic heterocycles. The van der Waals surface area contributed by atoms with Crippen LogP contribution >= 0.6 is 0 Å². The molecule has 1 saturated heterocycles. The molecule has 1 rings (SSSR count). The lowest BCUT2D eigenvalue weighted by Crippen LogP contribution is -2.49. The minimum atomic E-state index is -1.02. The molecule has 1 atom stereocenters. The van der Waals surface area contributed by atoms with E-state index in [4.69, 9.17) is 9.47 Å². The number of carbonyl (C=O) groups excluding carboxylic acids is 3. The molecule has 6 N–H and O–H groups in total. The lowest BCUT2D eigenvalue weighted by atomic mass is 10.1. The van der Waals surface area contributed by atoms with Crippen LogP contribution in [0.25, 0.3) is 0 Å². The van der Waals surface area contributed by atoms with Gasteiger partial charge in [-0.25, -0.2) is 0 Å². The number of carboxylic acid groups (broad SMARTS) is 3. The number of amides is 2. The standard InChI is InChI=1S/C30H55N7O11/c1-24(38)23-48-18-17-47-16-7-33-30(46)25(31-2)5-3-4-6-32-26(39)19-34-8-10-35(20-27(40)41)12-14-37(22-29(44)45)15-13-36(11-9-34)21-28(42)43/h25,31H,3-23H2,1-2H3,(H,32,39)(H,33,46)(H,40,41)(H,42,43)(H,44,45)/t25-/m1/s1. The number of nitrogens with one attached hydrogen (secondary N) is 3. The van der Waals surface area contributed by atoms with Crippen molar-refractivity contribution in [1.82, 2.24) is 35.6 Å². The van der Waals surface area contributed by atoms with Gasteiger partial charge < -0.3 is 40.7 Å². The van der Waals surface area contributed by atoms with E-state index in [0.717, 1.165) is 0 Å². The smallest absolute Gasteiger partial charge is 0.317 e. The first-order chi connectivity index (χ1) is 22.9. The third-order valence-corrected chi connectivity index (χ3v) is 7.50. The van der Waals surface area contributed by atoms with Crippen LogP contribution in [0.5, 0.6) is 0 Å². The number of ether oxygens (including phenoxy) is 2. The van der Waals surface area contributed by atoms with Crippen LogP contribution in [0, 0.1) is 0 Å². The van der Waals surface area contributed by atoms with E-state index in [-0.39, 0.29) is 50.4 Å². The predicted molar refractivity (Wildman–Crippen MR) is 174 cm³/mol. The largest absolute Gasteiger partial charge is 0.480 e. The lowest BCUT2D eigenvalue weighted by molar-refractivity contribution is -0.140. The molecule has 0 radical (unpaired) electrons. The molecule has 276 valence electrons. The first-order valence-corrected chi connectivity index (χ1v) is 16.3. The number of unbranched alkanes of at least 4 members (excludes halogenated alkanes) is 1. The van der Waals surface area contributed by atoms with Gasteiger partial charge in [0.2, 0.25) is 11.8 Å². The van der Waals surface area contributed by atoms with Gasteiger partial charge in [-0.15, -0.1) is 0 Å². The summed E-state index contributed by atoms with van der Waals surface area (Å²) >= 11 is 0. The molecule has 0 aliphatic carbocycles. The van der Waals surface area contributed by atoms with Crippen molar-refractivity contribution in [1.29, 1.82) is 0 Å². The van der Waals surface area contributed by atoms with E-state index < -0.39 is 23.9 Å². The van der Waals surface area contributed by atoms with Crippen LogP contribution in [0.15, 0.2) is 0 Å². The number of hydrogen-bond donors (Lipinski definition) is 6. The zero-order valence-corrected chi connectivity index (χ0v) is 28.3. The quantitative estimate of drug-likeness (QED) is 0.0590. The molecule has 0 aromatic rings. The van der Waals surface area contributed by atoms with Crippen molar-refractivity contribution in [2.75, 3.05) is 125 Å². The summed E-state index contributed by atoms with van der Waals surface area (Å²) in [7, 11) is 1.70. The topological polar surface area (TPSA) is 231 Å². The second kappa shape index (κ2) is 25.7. The number of Topliss-reactive ketones (excluding diaryl/α,β-unsaturated/α-hetero) is 1. The van der Waals surface area contributed by atoms with E-state index in [2.05, 4.69) is 16.0 Å². The average molecular weight is 690 g/mol. The first-order valence-electron chi connectivity index (χ1n) is 16.3. The predicted octanol–water partition coefficient (Wildman–Crippen LogP) is -2.93. The van der Waals surface area contributed by atoms with Crippen LogP contribution in [-0.4, -0.2) is 202 Å². The van der Waals surface area contributed by atoms with Gasteiger partial charge in [0.05, 0.1) is 52.0 Å². The lowest BCUT2D eigenvalue weighted by Gasteiger charge is -2.32. The number of hydrogen-bond acceptors (Lipinski definition) is 13. The van der Waals surface area contributed by atoms with Crippen molar-refractivity contribution in [3.05, 3.63) is 0 Å². The van der Waals surface area contributed by atoms with E-state index in [1.807, 2.05) is 4.90 Å². The van der Waals surface area contributed by atoms with Crippen LogP contribution < -0.4 is 16.0 Å². The monoisotopic (exact) mass is 689 g/mol. The minimum Gasteiger partial charge on any atom is -0.480 e. The molecule has 1 fully saturated rings. The van der Waals surface area contributed by atoms with E-state index in [0.29, 0.717) is 105 Å². The third kappa shape index (κ3) is 22.3. The van der Waals surface area contributed by atoms with Gasteiger partial charge in [-0.05, 0) is 33.2 Å². The Morgan fingerprint density at radius 3 is 1.52 bits per heavy atom. The highest BCUT2D eigenvalue weighted by Crippen LogP contribution is 2.03. The highest BCUT2D eigenvalue weighted by Gasteiger charge is 2.21. The highest BCUT2D eigenvalue weighted by atomic mass is 16.5. The van der Waals surface area contributed by atoms with Crippen molar-refractivity contribution in [2.24, 2.45) is 0 Å². The molecule has 48 heavy (non-hydrogen) atoms. The Hall–Kier alpha value is -3.26. The number of likely N-dealkylation sites (N-methyl/N-ethyl adjacent to an activating group) is 1. The Bertz CT molecular complexity index is 972. The maximum atomic E-state index is 12.8. The van der Waals surface area contributed by atoms with Gasteiger partial charge >= 0.3 is 17.9 Å². The zero-order valence-electron chi connectivity index (χ0n) is 28.3. The van der Waals surface area contributed by atoms with Gasteiger partial charge in [-0.3, -0.25) is 48.4 Å². The SMILES string of the molecule is CN[C@H](CCCCNC(=O)CN1CCN(CC(=O)O)CCN(CC(=O)O)CCN(CC(=O)O)CC1)C(=O)NCCOCCOCC(C)=O. The van der Waals surface area contributed by atoms with Crippen LogP contribution in [-0.2, 0) is 38.2 Å². The fourth-order valence-corrected chi connectivity index (χ4v) is 4.96. The Morgan fingerprint density at radius 2 is 1.08 bits per heavy atom. The normalized spacial score (nSPS) is 16.7. The number of carbonyl (C=O) groups is 6. The fraction of sp³-hybridized carbons (Fsp3) is 0.800. The summed E-state index contributed by atoms with van der Waals surface area (Å²) in [6.07, 6.45) is 1.89. The van der Waals surface area contributed by atoms with Gasteiger partial charge in [-0.2, -0.15) is 0 Å². The third-order valence-electron chi connectivity index (χ3n) is 7.50. The Balaban J connectivity index is 2.54. The van der Waals surface area contributed by atoms with Crippen molar-refractivity contribution < 1.29 is 53.6 Å². The van der Waals surface area contributed by atoms with Crippen LogP contribution in [0.2, 0.25) is 0 Å². The molecule has 1 aliphatic rings. The Morgan fingerprint density at radius 1 is 0.625 bits per heavy atom. The van der Waals surface area contributed by atoms with E-state index in [9.17, 15) is 44.1 Å². The van der Waals surface area contributed by atoms with Crippen LogP contribution in [0.1, 0.15) is 26.2 Å². The molecule has 0 unspecified atom stereocenters. The van der Waals surface area contributed by atoms with Crippen LogP contribution in [0.3, 0.4) is 0 Å². The van der Waals surface area contributed by atoms with Crippen molar-refractivity contribution >= 4 is 35.5 Å². The molecule has 18 nitrogen and oxygen atoms in total. The number of rotatable bonds is 23. The molecule has 1 heterocycles. The van der Waals surface area contributed by atoms with Gasteiger partial charge in [0.25, 0.3) is 0 Å². The van der Waals surface area contributed by atoms with E-state index in [1.54, 1.807) is 21.7 Å². The summed E-state index contributed by atoms with van der Waals surface area (Å²) < 4.78 is 10.5. The van der Waals surface area contributed by atoms with Crippen molar-refractivity contribution in [3.8, 4) is 0 Å². The van der Waals surface area contributed by atoms with Gasteiger partial charge in [0.15, 0.2) is 5.78 Å². The molecule has 0 saturated carbocycles. The number of nitrogens with zero attached hydrogens (tertiary/aromatic N) is 4. The van der Waals surface area contributed by atoms with E-state index in [1.165, 1.54) is 6.92 Å². The summed E-state index contributed by atoms with van der Waals surface area (Å²) in [5.41, 5.74) is 0. The molecular formula is C30H55N7O11. The van der Waals surface area contributed by atoms with Gasteiger partial charge in [0, 0.05) is 65.4 Å². The maximum Gasteiger partial charge on any atom is 0.317 e. The fourth-order valence-electron chi connectivity index (χ4n) is 4.96. The second-order valence-electron chi connectivity index (χ2n) is 11.6. The molecule has 0 aromatic carbocycles. The summed E-state index contributed by atoms with van der Waals surface area (Å²) in [5.74, 6) is -3.49. The summed E-state index contributed by atoms with van der Waals surface area (Å²) in [5, 5.41) is 36.7. The Labute approximate surface area is 282 Å². The Kier molecular flexibility index (Phi) is 22.9. The number of aliphatic carboxylic acids is 3. The molecule has 0 bridgehead atoms. The zero-order chi connectivity index (χ0) is 35.7. The average Bonchev–Trinajstić information content (AvgIpc) is 3.00. The minimum absolute atomic E-state index is 0.0411. The van der Waals surface area contributed by atoms with Crippen molar-refractivity contribution in [2.45, 2.75) is 32.2 Å². The summed E-state index contributed by atoms with van der Waals surface area (Å²) in [6.45, 7) is 5.08. The summed E-state index contributed by atoms with van der Waals surface area (Å²) in [4.78, 5) is 77.3. The molecule has 18 heteroatoms. The highest BCUT2D eigenvalue weighted by molar-refractivity contribution is 5.81. The number of carboxylic acids is 3. The van der Waals surface area contributed by atoms with Crippen LogP contribution in [0.4, 0.5) is 0 Å². The second-order valence-corrected chi connectivity index (χ2v) is 11.6. The number of ketones is 1. The van der Waals surface area contributed by atoms with Crippen molar-refractivity contribution in [3.63, 3.8) is 0 Å². The molecule has 1 aliphatic heterocycles. The molecule has 2 amide bonds. The summed E-state index contributed by atoms with van der Waals surface area (Å²) in [6, 6.07) is -0.402. The molecule has 0 spiro atoms. The first kappa shape index (κ1) is 42.8. The molecular weight excluding hydrogens is 634 g/mol. The van der Waals surface area contributed by atoms with E-state index >= 15 is 0 Å². The van der Waals surface area contributed by atoms with Gasteiger partial charge in [0.1, 0.15) is 6.61 Å².